The summed E-state index contributed by atoms with van der Waals surface area (Å²) < 4.78 is 0. The van der Waals surface area contributed by atoms with Crippen molar-refractivity contribution in [1.82, 2.24) is 0 Å². The fraction of sp³-hybridized carbons (Fsp3) is 0.429. The van der Waals surface area contributed by atoms with Gasteiger partial charge in [-0.1, -0.05) is 6.07 Å². The van der Waals surface area contributed by atoms with E-state index in [9.17, 15) is 9.59 Å². The molecule has 0 bridgehead atoms. The van der Waals surface area contributed by atoms with Gasteiger partial charge in [-0.3, -0.25) is 9.59 Å². The SMILES string of the molecule is Cc1ccc(N)c(C)c1N.NC(=O)CCCCC(N)=O. The van der Waals surface area contributed by atoms with E-state index in [1.165, 1.54) is 0 Å². The topological polar surface area (TPSA) is 138 Å². The summed E-state index contributed by atoms with van der Waals surface area (Å²) >= 11 is 0. The molecule has 1 aromatic carbocycles. The number of carbonyl (C=O) groups is 2. The maximum absolute atomic E-state index is 10.2. The number of benzene rings is 1. The maximum Gasteiger partial charge on any atom is 0.217 e. The fourth-order valence-corrected chi connectivity index (χ4v) is 1.48. The Bertz CT molecular complexity index is 429. The van der Waals surface area contributed by atoms with Crippen LogP contribution >= 0.6 is 0 Å². The third-order valence-electron chi connectivity index (χ3n) is 2.87. The molecule has 0 aliphatic heterocycles. The number of nitrogens with two attached hydrogens (primary N) is 4. The lowest BCUT2D eigenvalue weighted by molar-refractivity contribution is -0.119. The zero-order chi connectivity index (χ0) is 15.7. The molecule has 8 N–H and O–H groups in total. The molecule has 2 amide bonds. The standard InChI is InChI=1S/C8H12N2.C6H12N2O2/c1-5-3-4-7(9)6(2)8(5)10;7-5(9)3-1-2-4-6(8)10/h3-4H,9-10H2,1-2H3;1-4H2,(H2,7,9)(H2,8,10). The molecule has 0 radical (unpaired) electrons. The molecule has 6 nitrogen and oxygen atoms in total. The Labute approximate surface area is 119 Å². The highest BCUT2D eigenvalue weighted by Crippen LogP contribution is 2.21. The van der Waals surface area contributed by atoms with Gasteiger partial charge in [-0.05, 0) is 43.9 Å². The number of amides is 2. The van der Waals surface area contributed by atoms with Crippen molar-refractivity contribution in [3.63, 3.8) is 0 Å². The molecule has 1 rings (SSSR count). The van der Waals surface area contributed by atoms with Crippen LogP contribution in [0, 0.1) is 13.8 Å². The summed E-state index contributed by atoms with van der Waals surface area (Å²) in [5.74, 6) is -0.658. The number of primary amides is 2. The average Bonchev–Trinajstić information content (AvgIpc) is 2.37. The lowest BCUT2D eigenvalue weighted by Gasteiger charge is -2.05. The molecule has 0 fully saturated rings. The van der Waals surface area contributed by atoms with E-state index in [-0.39, 0.29) is 11.8 Å². The molecular weight excluding hydrogens is 256 g/mol. The van der Waals surface area contributed by atoms with Gasteiger partial charge in [0.1, 0.15) is 0 Å². The Morgan fingerprint density at radius 3 is 1.75 bits per heavy atom. The average molecular weight is 280 g/mol. The minimum absolute atomic E-state index is 0.329. The van der Waals surface area contributed by atoms with E-state index in [1.54, 1.807) is 0 Å². The Hall–Kier alpha value is -2.24. The molecule has 20 heavy (non-hydrogen) atoms. The van der Waals surface area contributed by atoms with Crippen LogP contribution in [0.2, 0.25) is 0 Å². The van der Waals surface area contributed by atoms with Crippen molar-refractivity contribution in [2.24, 2.45) is 11.5 Å². The van der Waals surface area contributed by atoms with Gasteiger partial charge in [0.25, 0.3) is 0 Å². The van der Waals surface area contributed by atoms with Gasteiger partial charge < -0.3 is 22.9 Å². The molecule has 112 valence electrons. The number of rotatable bonds is 5. The molecule has 0 spiro atoms. The highest BCUT2D eigenvalue weighted by Gasteiger charge is 1.99. The Morgan fingerprint density at radius 2 is 1.40 bits per heavy atom. The second kappa shape index (κ2) is 8.79. The van der Waals surface area contributed by atoms with Crippen LogP contribution in [0.15, 0.2) is 12.1 Å². The minimum Gasteiger partial charge on any atom is -0.398 e. The normalized spacial score (nSPS) is 9.50. The molecule has 1 aromatic rings. The Kier molecular flexibility index (Phi) is 7.81. The first kappa shape index (κ1) is 17.8. The molecule has 0 unspecified atom stereocenters. The van der Waals surface area contributed by atoms with Gasteiger partial charge >= 0.3 is 0 Å². The largest absolute Gasteiger partial charge is 0.398 e. The van der Waals surface area contributed by atoms with Crippen LogP contribution in [0.25, 0.3) is 0 Å². The van der Waals surface area contributed by atoms with Crippen LogP contribution in [0.5, 0.6) is 0 Å². The zero-order valence-corrected chi connectivity index (χ0v) is 12.1. The summed E-state index contributed by atoms with van der Waals surface area (Å²) in [5, 5.41) is 0. The van der Waals surface area contributed by atoms with Crippen LogP contribution in [0.4, 0.5) is 11.4 Å². The number of carbonyl (C=O) groups excluding carboxylic acids is 2. The molecule has 0 atom stereocenters. The number of aryl methyl sites for hydroxylation is 1. The van der Waals surface area contributed by atoms with Gasteiger partial charge in [-0.25, -0.2) is 0 Å². The lowest BCUT2D eigenvalue weighted by Crippen LogP contribution is -2.12. The predicted octanol–water partition coefficient (Wildman–Crippen LogP) is 0.985. The fourth-order valence-electron chi connectivity index (χ4n) is 1.48. The molecule has 0 saturated heterocycles. The van der Waals surface area contributed by atoms with Crippen LogP contribution in [0.1, 0.15) is 36.8 Å². The van der Waals surface area contributed by atoms with Crippen molar-refractivity contribution < 1.29 is 9.59 Å². The third-order valence-corrected chi connectivity index (χ3v) is 2.87. The molecule has 0 heterocycles. The summed E-state index contributed by atoms with van der Waals surface area (Å²) in [4.78, 5) is 20.3. The van der Waals surface area contributed by atoms with Crippen molar-refractivity contribution in [2.75, 3.05) is 11.5 Å². The van der Waals surface area contributed by atoms with Crippen LogP contribution in [-0.2, 0) is 9.59 Å². The smallest absolute Gasteiger partial charge is 0.217 e. The first-order chi connectivity index (χ1) is 9.25. The Balaban J connectivity index is 0.000000361. The number of unbranched alkanes of at least 4 members (excludes halogenated alkanes) is 1. The van der Waals surface area contributed by atoms with Crippen molar-refractivity contribution in [2.45, 2.75) is 39.5 Å². The third kappa shape index (κ3) is 7.25. The van der Waals surface area contributed by atoms with Gasteiger partial charge in [0.2, 0.25) is 11.8 Å². The van der Waals surface area contributed by atoms with Gasteiger partial charge in [0.05, 0.1) is 0 Å². The van der Waals surface area contributed by atoms with E-state index in [4.69, 9.17) is 22.9 Å². The number of nitrogen functional groups attached to an aromatic ring is 2. The second-order valence-electron chi connectivity index (χ2n) is 4.65. The zero-order valence-electron chi connectivity index (χ0n) is 12.1. The first-order valence-corrected chi connectivity index (χ1v) is 6.43. The van der Waals surface area contributed by atoms with E-state index < -0.39 is 0 Å². The summed E-state index contributed by atoms with van der Waals surface area (Å²) in [5.41, 5.74) is 24.7. The van der Waals surface area contributed by atoms with Gasteiger partial charge in [-0.2, -0.15) is 0 Å². The lowest BCUT2D eigenvalue weighted by atomic mass is 10.1. The highest BCUT2D eigenvalue weighted by atomic mass is 16.1. The monoisotopic (exact) mass is 280 g/mol. The van der Waals surface area contributed by atoms with E-state index >= 15 is 0 Å². The highest BCUT2D eigenvalue weighted by molar-refractivity contribution is 5.74. The summed E-state index contributed by atoms with van der Waals surface area (Å²) in [7, 11) is 0. The predicted molar refractivity (Wildman–Crippen MR) is 81.6 cm³/mol. The molecule has 0 saturated carbocycles. The second-order valence-corrected chi connectivity index (χ2v) is 4.65. The van der Waals surface area contributed by atoms with Crippen molar-refractivity contribution in [3.05, 3.63) is 23.3 Å². The quantitative estimate of drug-likeness (QED) is 0.471. The van der Waals surface area contributed by atoms with Crippen LogP contribution in [-0.4, -0.2) is 11.8 Å². The van der Waals surface area contributed by atoms with E-state index in [2.05, 4.69) is 0 Å². The van der Waals surface area contributed by atoms with Gasteiger partial charge in [0, 0.05) is 24.2 Å². The van der Waals surface area contributed by atoms with Crippen molar-refractivity contribution in [1.29, 1.82) is 0 Å². The number of hydrogen-bond acceptors (Lipinski definition) is 4. The first-order valence-electron chi connectivity index (χ1n) is 6.43. The van der Waals surface area contributed by atoms with Crippen molar-refractivity contribution >= 4 is 23.2 Å². The molecule has 0 aliphatic rings. The molecular formula is C14H24N4O2. The molecule has 0 aromatic heterocycles. The van der Waals surface area contributed by atoms with Crippen LogP contribution in [0.3, 0.4) is 0 Å². The maximum atomic E-state index is 10.2. The van der Waals surface area contributed by atoms with Gasteiger partial charge in [-0.15, -0.1) is 0 Å². The van der Waals surface area contributed by atoms with Crippen molar-refractivity contribution in [3.8, 4) is 0 Å². The number of anilines is 2. The van der Waals surface area contributed by atoms with E-state index in [0.29, 0.717) is 25.7 Å². The molecule has 6 heteroatoms. The summed E-state index contributed by atoms with van der Waals surface area (Å²) in [6, 6.07) is 3.80. The van der Waals surface area contributed by atoms with Gasteiger partial charge in [0.15, 0.2) is 0 Å². The summed E-state index contributed by atoms with van der Waals surface area (Å²) in [6.45, 7) is 3.90. The summed E-state index contributed by atoms with van der Waals surface area (Å²) in [6.07, 6.45) is 1.98. The number of hydrogen-bond donors (Lipinski definition) is 4. The van der Waals surface area contributed by atoms with E-state index in [0.717, 1.165) is 22.5 Å². The molecule has 0 aliphatic carbocycles. The minimum atomic E-state index is -0.329. The van der Waals surface area contributed by atoms with E-state index in [1.807, 2.05) is 26.0 Å². The van der Waals surface area contributed by atoms with Crippen LogP contribution < -0.4 is 22.9 Å². The Morgan fingerprint density at radius 1 is 0.950 bits per heavy atom.